The van der Waals surface area contributed by atoms with E-state index in [-0.39, 0.29) is 17.7 Å². The van der Waals surface area contributed by atoms with Crippen molar-refractivity contribution in [1.29, 1.82) is 0 Å². The monoisotopic (exact) mass is 381 g/mol. The molecule has 2 bridgehead atoms. The Hall–Kier alpha value is -2.03. The maximum absolute atomic E-state index is 13.7. The number of nitrogens with zero attached hydrogens (tertiary/aromatic N) is 2. The van der Waals surface area contributed by atoms with Crippen LogP contribution in [0.25, 0.3) is 0 Å². The molecule has 5 rings (SSSR count). The molecule has 0 aromatic carbocycles. The number of rotatable bonds is 6. The maximum Gasteiger partial charge on any atom is 0.254 e. The van der Waals surface area contributed by atoms with Crippen LogP contribution in [-0.2, 0) is 0 Å². The van der Waals surface area contributed by atoms with Gasteiger partial charge in [-0.2, -0.15) is 4.98 Å². The van der Waals surface area contributed by atoms with Crippen LogP contribution in [0.15, 0.2) is 6.20 Å². The van der Waals surface area contributed by atoms with Crippen LogP contribution in [0.4, 0.5) is 20.5 Å². The number of nitrogens with one attached hydrogen (secondary N) is 2. The van der Waals surface area contributed by atoms with Gasteiger partial charge in [0.05, 0.1) is 11.7 Å². The Kier molecular flexibility index (Phi) is 4.06. The molecule has 4 aliphatic rings. The summed E-state index contributed by atoms with van der Waals surface area (Å²) in [6.07, 6.45) is 5.24. The predicted octanol–water partition coefficient (Wildman–Crippen LogP) is 2.28. The number of amides is 1. The van der Waals surface area contributed by atoms with Gasteiger partial charge in [-0.1, -0.05) is 0 Å². The molecule has 0 saturated heterocycles. The SMILES string of the molecule is CC(F)(F)C12CC(Nc3nc(N[C@H]4CC[C@H](O)CC4)ncc3C(N)=O)(C1)C2. The number of hydrogen-bond acceptors (Lipinski definition) is 6. The second-order valence-corrected chi connectivity index (χ2v) is 8.57. The van der Waals surface area contributed by atoms with Crippen LogP contribution in [0.3, 0.4) is 0 Å². The molecule has 27 heavy (non-hydrogen) atoms. The summed E-state index contributed by atoms with van der Waals surface area (Å²) in [5, 5.41) is 16.0. The number of halogens is 2. The fourth-order valence-corrected chi connectivity index (χ4v) is 4.77. The molecule has 0 atom stereocenters. The van der Waals surface area contributed by atoms with Crippen LogP contribution < -0.4 is 16.4 Å². The lowest BCUT2D eigenvalue weighted by Crippen LogP contribution is -2.76. The van der Waals surface area contributed by atoms with Gasteiger partial charge in [-0.3, -0.25) is 4.79 Å². The minimum Gasteiger partial charge on any atom is -0.393 e. The van der Waals surface area contributed by atoms with Gasteiger partial charge < -0.3 is 21.5 Å². The maximum atomic E-state index is 13.7. The molecule has 7 nitrogen and oxygen atoms in total. The highest BCUT2D eigenvalue weighted by atomic mass is 19.3. The molecule has 9 heteroatoms. The van der Waals surface area contributed by atoms with Crippen molar-refractivity contribution in [2.75, 3.05) is 10.6 Å². The Bertz CT molecular complexity index is 739. The standard InChI is InChI=1S/C18H25F2N5O2/c1-16(19,20)17-7-18(8-17,9-17)25-14-12(13(21)27)6-22-15(24-14)23-10-2-4-11(26)5-3-10/h6,10-11,26H,2-5,7-9H2,1H3,(H2,21,27)(H2,22,23,24,25)/t10-,11-,17?,18?. The zero-order chi connectivity index (χ0) is 19.4. The summed E-state index contributed by atoms with van der Waals surface area (Å²) in [4.78, 5) is 20.3. The first-order valence-corrected chi connectivity index (χ1v) is 9.39. The van der Waals surface area contributed by atoms with Crippen molar-refractivity contribution in [2.24, 2.45) is 11.1 Å². The lowest BCUT2D eigenvalue weighted by molar-refractivity contribution is -0.258. The zero-order valence-corrected chi connectivity index (χ0v) is 15.3. The minimum atomic E-state index is -2.70. The molecule has 148 valence electrons. The van der Waals surface area contributed by atoms with E-state index >= 15 is 0 Å². The van der Waals surface area contributed by atoms with E-state index in [9.17, 15) is 18.7 Å². The van der Waals surface area contributed by atoms with E-state index in [1.807, 2.05) is 0 Å². The zero-order valence-electron chi connectivity index (χ0n) is 15.3. The van der Waals surface area contributed by atoms with E-state index in [1.54, 1.807) is 0 Å². The number of alkyl halides is 2. The van der Waals surface area contributed by atoms with Crippen molar-refractivity contribution in [3.63, 3.8) is 0 Å². The third kappa shape index (κ3) is 3.11. The van der Waals surface area contributed by atoms with Crippen molar-refractivity contribution in [2.45, 2.75) is 75.5 Å². The van der Waals surface area contributed by atoms with Gasteiger partial charge in [-0.25, -0.2) is 13.8 Å². The number of nitrogens with two attached hydrogens (primary N) is 1. The van der Waals surface area contributed by atoms with E-state index in [2.05, 4.69) is 20.6 Å². The van der Waals surface area contributed by atoms with E-state index in [4.69, 9.17) is 5.73 Å². The largest absolute Gasteiger partial charge is 0.393 e. The Balaban J connectivity index is 1.47. The Labute approximate surface area is 156 Å². The molecular weight excluding hydrogens is 356 g/mol. The summed E-state index contributed by atoms with van der Waals surface area (Å²) < 4.78 is 27.4. The van der Waals surface area contributed by atoms with Gasteiger partial charge in [0.2, 0.25) is 5.95 Å². The highest BCUT2D eigenvalue weighted by Crippen LogP contribution is 2.73. The molecule has 0 unspecified atom stereocenters. The average molecular weight is 381 g/mol. The van der Waals surface area contributed by atoms with Crippen LogP contribution >= 0.6 is 0 Å². The number of aromatic nitrogens is 2. The topological polar surface area (TPSA) is 113 Å². The van der Waals surface area contributed by atoms with E-state index in [0.717, 1.165) is 32.6 Å². The summed E-state index contributed by atoms with van der Waals surface area (Å²) >= 11 is 0. The van der Waals surface area contributed by atoms with Gasteiger partial charge in [0, 0.05) is 23.2 Å². The van der Waals surface area contributed by atoms with Crippen LogP contribution in [0.2, 0.25) is 0 Å². The molecule has 5 N–H and O–H groups in total. The van der Waals surface area contributed by atoms with Gasteiger partial charge in [-0.05, 0) is 51.9 Å². The smallest absolute Gasteiger partial charge is 0.254 e. The molecule has 4 saturated carbocycles. The molecule has 0 radical (unpaired) electrons. The average Bonchev–Trinajstić information content (AvgIpc) is 2.50. The van der Waals surface area contributed by atoms with Crippen LogP contribution in [0.1, 0.15) is 62.2 Å². The quantitative estimate of drug-likeness (QED) is 0.601. The van der Waals surface area contributed by atoms with Gasteiger partial charge in [0.25, 0.3) is 11.8 Å². The molecular formula is C18H25F2N5O2. The Morgan fingerprint density at radius 1 is 1.30 bits per heavy atom. The molecule has 1 amide bonds. The number of primary amides is 1. The Morgan fingerprint density at radius 2 is 1.93 bits per heavy atom. The highest BCUT2D eigenvalue weighted by molar-refractivity contribution is 5.97. The highest BCUT2D eigenvalue weighted by Gasteiger charge is 2.76. The molecule has 1 aromatic rings. The molecule has 0 aliphatic heterocycles. The molecule has 1 aromatic heterocycles. The van der Waals surface area contributed by atoms with Gasteiger partial charge in [-0.15, -0.1) is 0 Å². The first-order chi connectivity index (χ1) is 12.6. The third-order valence-corrected chi connectivity index (χ3v) is 6.43. The van der Waals surface area contributed by atoms with Crippen molar-refractivity contribution in [3.8, 4) is 0 Å². The lowest BCUT2D eigenvalue weighted by Gasteiger charge is -2.72. The summed E-state index contributed by atoms with van der Waals surface area (Å²) in [5.74, 6) is -2.70. The van der Waals surface area contributed by atoms with Crippen molar-refractivity contribution in [3.05, 3.63) is 11.8 Å². The lowest BCUT2D eigenvalue weighted by atomic mass is 9.37. The summed E-state index contributed by atoms with van der Waals surface area (Å²) in [5.41, 5.74) is 4.21. The number of aliphatic hydroxyl groups excluding tert-OH is 1. The van der Waals surface area contributed by atoms with Gasteiger partial charge in [0.15, 0.2) is 0 Å². The molecule has 0 spiro atoms. The van der Waals surface area contributed by atoms with Crippen LogP contribution in [0, 0.1) is 5.41 Å². The number of aliphatic hydroxyl groups is 1. The number of anilines is 2. The summed E-state index contributed by atoms with van der Waals surface area (Å²) in [6, 6.07) is 0.151. The first kappa shape index (κ1) is 18.3. The van der Waals surface area contributed by atoms with Gasteiger partial charge >= 0.3 is 0 Å². The summed E-state index contributed by atoms with van der Waals surface area (Å²) in [7, 11) is 0. The third-order valence-electron chi connectivity index (χ3n) is 6.43. The molecule has 1 heterocycles. The normalized spacial score (nSPS) is 35.0. The van der Waals surface area contributed by atoms with Crippen LogP contribution in [-0.4, -0.2) is 44.6 Å². The van der Waals surface area contributed by atoms with Crippen molar-refractivity contribution < 1.29 is 18.7 Å². The van der Waals surface area contributed by atoms with Crippen molar-refractivity contribution >= 4 is 17.7 Å². The number of carbonyl (C=O) groups is 1. The minimum absolute atomic E-state index is 0.151. The molecule has 4 fully saturated rings. The number of hydrogen-bond donors (Lipinski definition) is 4. The van der Waals surface area contributed by atoms with Crippen LogP contribution in [0.5, 0.6) is 0 Å². The number of carbonyl (C=O) groups excluding carboxylic acids is 1. The van der Waals surface area contributed by atoms with Gasteiger partial charge in [0.1, 0.15) is 5.82 Å². The second-order valence-electron chi connectivity index (χ2n) is 8.57. The Morgan fingerprint density at radius 3 is 2.48 bits per heavy atom. The first-order valence-electron chi connectivity index (χ1n) is 9.39. The van der Waals surface area contributed by atoms with E-state index in [0.29, 0.717) is 31.0 Å². The molecule has 4 aliphatic carbocycles. The fraction of sp³-hybridized carbons (Fsp3) is 0.722. The van der Waals surface area contributed by atoms with Crippen molar-refractivity contribution in [1.82, 2.24) is 9.97 Å². The van der Waals surface area contributed by atoms with E-state index in [1.165, 1.54) is 6.20 Å². The predicted molar refractivity (Wildman–Crippen MR) is 95.7 cm³/mol. The summed E-state index contributed by atoms with van der Waals surface area (Å²) in [6.45, 7) is 0.971. The second kappa shape index (κ2) is 5.98. The van der Waals surface area contributed by atoms with E-state index < -0.39 is 22.8 Å². The fourth-order valence-electron chi connectivity index (χ4n) is 4.77.